The molecule has 112 valence electrons. The molecule has 8 heteroatoms. The van der Waals surface area contributed by atoms with Crippen LogP contribution in [-0.4, -0.2) is 20.9 Å². The number of aliphatic carboxylic acids is 1. The van der Waals surface area contributed by atoms with Crippen molar-refractivity contribution in [3.8, 4) is 11.5 Å². The largest absolute Gasteiger partial charge is 0.481 e. The molecular weight excluding hydrogens is 289 g/mol. The van der Waals surface area contributed by atoms with Gasteiger partial charge >= 0.3 is 12.1 Å². The standard InChI is InChI=1S/C13H11F3N2O3/c14-13(15,16)9-2-1-3-10(6-9)21-11-7-17-18(8-11)5-4-12(19)20/h1-3,6-8H,4-5H2,(H,19,20). The summed E-state index contributed by atoms with van der Waals surface area (Å²) >= 11 is 0. The number of carboxylic acids is 1. The number of carbonyl (C=O) groups is 1. The Balaban J connectivity index is 2.07. The predicted octanol–water partition coefficient (Wildman–Crippen LogP) is 3.17. The Morgan fingerprint density at radius 3 is 2.76 bits per heavy atom. The van der Waals surface area contributed by atoms with Crippen LogP contribution < -0.4 is 4.74 Å². The number of nitrogens with zero attached hydrogens (tertiary/aromatic N) is 2. The molecule has 0 aliphatic carbocycles. The fraction of sp³-hybridized carbons (Fsp3) is 0.231. The second-order valence-corrected chi connectivity index (χ2v) is 4.21. The van der Waals surface area contributed by atoms with Gasteiger partial charge in [0.1, 0.15) is 5.75 Å². The Hall–Kier alpha value is -2.51. The van der Waals surface area contributed by atoms with Crippen molar-refractivity contribution < 1.29 is 27.8 Å². The molecule has 2 rings (SSSR count). The van der Waals surface area contributed by atoms with Gasteiger partial charge in [-0.2, -0.15) is 18.3 Å². The van der Waals surface area contributed by atoms with Crippen molar-refractivity contribution in [2.24, 2.45) is 0 Å². The van der Waals surface area contributed by atoms with E-state index in [1.807, 2.05) is 0 Å². The van der Waals surface area contributed by atoms with Gasteiger partial charge in [-0.25, -0.2) is 0 Å². The van der Waals surface area contributed by atoms with Gasteiger partial charge in [0, 0.05) is 0 Å². The number of halogens is 3. The van der Waals surface area contributed by atoms with E-state index in [0.29, 0.717) is 0 Å². The van der Waals surface area contributed by atoms with Gasteiger partial charge in [-0.15, -0.1) is 0 Å². The molecule has 1 aromatic carbocycles. The maximum atomic E-state index is 12.6. The van der Waals surface area contributed by atoms with Gasteiger partial charge in [-0.1, -0.05) is 6.07 Å². The number of benzene rings is 1. The molecule has 0 atom stereocenters. The lowest BCUT2D eigenvalue weighted by Crippen LogP contribution is -2.04. The van der Waals surface area contributed by atoms with E-state index < -0.39 is 17.7 Å². The topological polar surface area (TPSA) is 64.3 Å². The van der Waals surface area contributed by atoms with Crippen LogP contribution in [0.2, 0.25) is 0 Å². The molecule has 0 aliphatic rings. The monoisotopic (exact) mass is 300 g/mol. The van der Waals surface area contributed by atoms with Gasteiger partial charge in [-0.3, -0.25) is 9.48 Å². The van der Waals surface area contributed by atoms with Crippen LogP contribution in [0.15, 0.2) is 36.7 Å². The lowest BCUT2D eigenvalue weighted by Gasteiger charge is -2.08. The molecule has 0 spiro atoms. The number of ether oxygens (including phenoxy) is 1. The number of aromatic nitrogens is 2. The van der Waals surface area contributed by atoms with E-state index in [-0.39, 0.29) is 24.5 Å². The number of hydrogen-bond donors (Lipinski definition) is 1. The van der Waals surface area contributed by atoms with E-state index in [2.05, 4.69) is 5.10 Å². The minimum absolute atomic E-state index is 0.0302. The maximum absolute atomic E-state index is 12.6. The molecule has 0 unspecified atom stereocenters. The Bertz CT molecular complexity index is 638. The van der Waals surface area contributed by atoms with Gasteiger partial charge in [0.25, 0.3) is 0 Å². The summed E-state index contributed by atoms with van der Waals surface area (Å²) in [5.74, 6) is -0.701. The van der Waals surface area contributed by atoms with Crippen LogP contribution in [0.1, 0.15) is 12.0 Å². The molecule has 1 heterocycles. The number of rotatable bonds is 5. The second-order valence-electron chi connectivity index (χ2n) is 4.21. The molecule has 1 N–H and O–H groups in total. The van der Waals surface area contributed by atoms with Crippen LogP contribution in [0.4, 0.5) is 13.2 Å². The van der Waals surface area contributed by atoms with E-state index in [9.17, 15) is 18.0 Å². The van der Waals surface area contributed by atoms with Gasteiger partial charge in [0.15, 0.2) is 5.75 Å². The van der Waals surface area contributed by atoms with Gasteiger partial charge in [-0.05, 0) is 18.2 Å². The highest BCUT2D eigenvalue weighted by Gasteiger charge is 2.30. The van der Waals surface area contributed by atoms with Crippen molar-refractivity contribution in [3.05, 3.63) is 42.2 Å². The molecule has 21 heavy (non-hydrogen) atoms. The molecule has 0 aliphatic heterocycles. The molecule has 5 nitrogen and oxygen atoms in total. The van der Waals surface area contributed by atoms with Gasteiger partial charge in [0.2, 0.25) is 0 Å². The lowest BCUT2D eigenvalue weighted by molar-refractivity contribution is -0.138. The normalized spacial score (nSPS) is 11.4. The first kappa shape index (κ1) is 14.9. The van der Waals surface area contributed by atoms with Crippen molar-refractivity contribution in [3.63, 3.8) is 0 Å². The molecule has 0 amide bonds. The minimum Gasteiger partial charge on any atom is -0.481 e. The second kappa shape index (κ2) is 5.86. The Labute approximate surface area is 117 Å². The third kappa shape index (κ3) is 4.23. The SMILES string of the molecule is O=C(O)CCn1cc(Oc2cccc(C(F)(F)F)c2)cn1. The molecule has 0 fully saturated rings. The van der Waals surface area contributed by atoms with Crippen molar-refractivity contribution >= 4 is 5.97 Å². The van der Waals surface area contributed by atoms with E-state index in [4.69, 9.17) is 9.84 Å². The molecular formula is C13H11F3N2O3. The van der Waals surface area contributed by atoms with Crippen molar-refractivity contribution in [2.45, 2.75) is 19.1 Å². The summed E-state index contributed by atoms with van der Waals surface area (Å²) in [5, 5.41) is 12.4. The van der Waals surface area contributed by atoms with Gasteiger partial charge < -0.3 is 9.84 Å². The predicted molar refractivity (Wildman–Crippen MR) is 66.0 cm³/mol. The number of hydrogen-bond acceptors (Lipinski definition) is 3. The molecule has 2 aromatic rings. The number of aryl methyl sites for hydroxylation is 1. The zero-order chi connectivity index (χ0) is 15.5. The average Bonchev–Trinajstić information content (AvgIpc) is 2.83. The molecule has 0 saturated carbocycles. The minimum atomic E-state index is -4.44. The smallest absolute Gasteiger partial charge is 0.416 e. The molecule has 0 saturated heterocycles. The Morgan fingerprint density at radius 2 is 2.10 bits per heavy atom. The van der Waals surface area contributed by atoms with Crippen molar-refractivity contribution in [2.75, 3.05) is 0 Å². The summed E-state index contributed by atoms with van der Waals surface area (Å²) in [6.45, 7) is 0.154. The highest BCUT2D eigenvalue weighted by molar-refractivity contribution is 5.66. The highest BCUT2D eigenvalue weighted by Crippen LogP contribution is 2.32. The zero-order valence-electron chi connectivity index (χ0n) is 10.7. The lowest BCUT2D eigenvalue weighted by atomic mass is 10.2. The summed E-state index contributed by atoms with van der Waals surface area (Å²) in [7, 11) is 0. The first-order chi connectivity index (χ1) is 9.84. The van der Waals surface area contributed by atoms with Crippen LogP contribution in [0.3, 0.4) is 0 Å². The van der Waals surface area contributed by atoms with Crippen LogP contribution in [0.5, 0.6) is 11.5 Å². The summed E-state index contributed by atoms with van der Waals surface area (Å²) in [6, 6.07) is 4.47. The Kier molecular flexibility index (Phi) is 4.15. The summed E-state index contributed by atoms with van der Waals surface area (Å²) in [5.41, 5.74) is -0.807. The van der Waals surface area contributed by atoms with Crippen LogP contribution in [0, 0.1) is 0 Å². The van der Waals surface area contributed by atoms with Crippen molar-refractivity contribution in [1.29, 1.82) is 0 Å². The van der Waals surface area contributed by atoms with E-state index in [1.165, 1.54) is 29.2 Å². The molecule has 0 radical (unpaired) electrons. The average molecular weight is 300 g/mol. The van der Waals surface area contributed by atoms with E-state index in [1.54, 1.807) is 0 Å². The Morgan fingerprint density at radius 1 is 1.33 bits per heavy atom. The third-order valence-electron chi connectivity index (χ3n) is 2.56. The first-order valence-electron chi connectivity index (χ1n) is 5.94. The number of carboxylic acid groups (broad SMARTS) is 1. The van der Waals surface area contributed by atoms with Crippen molar-refractivity contribution in [1.82, 2.24) is 9.78 Å². The summed E-state index contributed by atoms with van der Waals surface area (Å²) < 4.78 is 44.3. The summed E-state index contributed by atoms with van der Waals surface area (Å²) in [4.78, 5) is 10.4. The fourth-order valence-electron chi connectivity index (χ4n) is 1.60. The third-order valence-corrected chi connectivity index (χ3v) is 2.56. The van der Waals surface area contributed by atoms with Gasteiger partial charge in [0.05, 0.1) is 30.9 Å². The molecule has 0 bridgehead atoms. The first-order valence-corrected chi connectivity index (χ1v) is 5.94. The number of alkyl halides is 3. The van der Waals surface area contributed by atoms with Crippen LogP contribution >= 0.6 is 0 Å². The maximum Gasteiger partial charge on any atom is 0.416 e. The molecule has 1 aromatic heterocycles. The van der Waals surface area contributed by atoms with Crippen LogP contribution in [-0.2, 0) is 17.5 Å². The fourth-order valence-corrected chi connectivity index (χ4v) is 1.60. The highest BCUT2D eigenvalue weighted by atomic mass is 19.4. The quantitative estimate of drug-likeness (QED) is 0.921. The summed E-state index contributed by atoms with van der Waals surface area (Å²) in [6.07, 6.45) is -1.82. The van der Waals surface area contributed by atoms with E-state index in [0.717, 1.165) is 12.1 Å². The van der Waals surface area contributed by atoms with Crippen LogP contribution in [0.25, 0.3) is 0 Å². The zero-order valence-corrected chi connectivity index (χ0v) is 10.7. The van der Waals surface area contributed by atoms with E-state index >= 15 is 0 Å².